The molecule has 1 aromatic rings. The molecule has 1 N–H and O–H groups in total. The van der Waals surface area contributed by atoms with Crippen LogP contribution < -0.4 is 10.1 Å². The molecule has 0 saturated carbocycles. The molecule has 1 aliphatic rings. The lowest BCUT2D eigenvalue weighted by atomic mass is 10.00. The average Bonchev–Trinajstić information content (AvgIpc) is 2.54. The molecule has 94 valence electrons. The Bertz CT molecular complexity index is 362. The van der Waals surface area contributed by atoms with Gasteiger partial charge in [0.1, 0.15) is 5.75 Å². The maximum Gasteiger partial charge on any atom is 0.126 e. The van der Waals surface area contributed by atoms with E-state index in [0.29, 0.717) is 6.04 Å². The molecule has 0 fully saturated rings. The third-order valence-electron chi connectivity index (χ3n) is 3.42. The first kappa shape index (κ1) is 12.4. The minimum Gasteiger partial charge on any atom is -0.493 e. The number of benzene rings is 1. The van der Waals surface area contributed by atoms with Crippen molar-refractivity contribution >= 4 is 0 Å². The Labute approximate surface area is 104 Å². The minimum absolute atomic E-state index is 0.471. The molecule has 1 aliphatic heterocycles. The van der Waals surface area contributed by atoms with Crippen molar-refractivity contribution in [2.45, 2.75) is 45.6 Å². The minimum atomic E-state index is 0.471. The van der Waals surface area contributed by atoms with Crippen LogP contribution >= 0.6 is 0 Å². The van der Waals surface area contributed by atoms with Crippen molar-refractivity contribution in [3.05, 3.63) is 29.3 Å². The van der Waals surface area contributed by atoms with Crippen LogP contribution in [-0.2, 0) is 0 Å². The third-order valence-corrected chi connectivity index (χ3v) is 3.42. The van der Waals surface area contributed by atoms with Crippen LogP contribution in [0.25, 0.3) is 0 Å². The van der Waals surface area contributed by atoms with Crippen molar-refractivity contribution in [1.82, 2.24) is 5.32 Å². The summed E-state index contributed by atoms with van der Waals surface area (Å²) < 4.78 is 5.88. The molecule has 0 aromatic heterocycles. The molecule has 1 atom stereocenters. The standard InChI is InChI=1S/C15H23NO/c1-3-4-10-16-14-9-6-11-17-15-12(2)7-5-8-13(14)15/h5,7-8,14,16H,3-4,6,9-11H2,1-2H3. The molecular formula is C15H23NO. The van der Waals surface area contributed by atoms with Crippen molar-refractivity contribution in [1.29, 1.82) is 0 Å². The van der Waals surface area contributed by atoms with Gasteiger partial charge >= 0.3 is 0 Å². The first-order valence-electron chi connectivity index (χ1n) is 6.78. The van der Waals surface area contributed by atoms with Gasteiger partial charge < -0.3 is 10.1 Å². The number of nitrogens with one attached hydrogen (secondary N) is 1. The van der Waals surface area contributed by atoms with E-state index in [4.69, 9.17) is 4.74 Å². The van der Waals surface area contributed by atoms with Gasteiger partial charge in [-0.3, -0.25) is 0 Å². The molecule has 17 heavy (non-hydrogen) atoms. The highest BCUT2D eigenvalue weighted by molar-refractivity contribution is 5.43. The van der Waals surface area contributed by atoms with Gasteiger partial charge in [0.05, 0.1) is 6.61 Å². The summed E-state index contributed by atoms with van der Waals surface area (Å²) in [5.41, 5.74) is 2.60. The highest BCUT2D eigenvalue weighted by atomic mass is 16.5. The van der Waals surface area contributed by atoms with Crippen LogP contribution in [-0.4, -0.2) is 13.2 Å². The van der Waals surface area contributed by atoms with E-state index < -0.39 is 0 Å². The molecule has 0 radical (unpaired) electrons. The Balaban J connectivity index is 2.15. The van der Waals surface area contributed by atoms with Crippen LogP contribution in [0.3, 0.4) is 0 Å². The lowest BCUT2D eigenvalue weighted by Crippen LogP contribution is -2.22. The highest BCUT2D eigenvalue weighted by Crippen LogP contribution is 2.33. The molecule has 0 bridgehead atoms. The number of aryl methyl sites for hydroxylation is 1. The first-order valence-corrected chi connectivity index (χ1v) is 6.78. The smallest absolute Gasteiger partial charge is 0.126 e. The van der Waals surface area contributed by atoms with Gasteiger partial charge in [0, 0.05) is 11.6 Å². The zero-order chi connectivity index (χ0) is 12.1. The summed E-state index contributed by atoms with van der Waals surface area (Å²) >= 11 is 0. The molecule has 0 aliphatic carbocycles. The van der Waals surface area contributed by atoms with E-state index in [9.17, 15) is 0 Å². The Morgan fingerprint density at radius 3 is 3.12 bits per heavy atom. The molecule has 0 saturated heterocycles. The second kappa shape index (κ2) is 6.06. The fourth-order valence-corrected chi connectivity index (χ4v) is 2.43. The molecule has 1 heterocycles. The molecule has 0 amide bonds. The zero-order valence-corrected chi connectivity index (χ0v) is 11.0. The van der Waals surface area contributed by atoms with Crippen LogP contribution in [0.1, 0.15) is 49.8 Å². The van der Waals surface area contributed by atoms with Crippen molar-refractivity contribution in [3.8, 4) is 5.75 Å². The van der Waals surface area contributed by atoms with E-state index in [-0.39, 0.29) is 0 Å². The summed E-state index contributed by atoms with van der Waals surface area (Å²) in [6, 6.07) is 6.95. The van der Waals surface area contributed by atoms with Gasteiger partial charge in [-0.05, 0) is 38.3 Å². The molecule has 0 spiro atoms. The second-order valence-corrected chi connectivity index (χ2v) is 4.84. The summed E-state index contributed by atoms with van der Waals surface area (Å²) in [5, 5.41) is 3.67. The van der Waals surface area contributed by atoms with Gasteiger partial charge in [0.15, 0.2) is 0 Å². The van der Waals surface area contributed by atoms with E-state index in [1.54, 1.807) is 0 Å². The highest BCUT2D eigenvalue weighted by Gasteiger charge is 2.19. The Morgan fingerprint density at radius 1 is 1.41 bits per heavy atom. The van der Waals surface area contributed by atoms with Crippen molar-refractivity contribution in [2.24, 2.45) is 0 Å². The van der Waals surface area contributed by atoms with Gasteiger partial charge in [-0.15, -0.1) is 0 Å². The quantitative estimate of drug-likeness (QED) is 0.802. The maximum absolute atomic E-state index is 5.88. The predicted molar refractivity (Wildman–Crippen MR) is 71.6 cm³/mol. The second-order valence-electron chi connectivity index (χ2n) is 4.84. The summed E-state index contributed by atoms with van der Waals surface area (Å²) in [6.07, 6.45) is 4.81. The van der Waals surface area contributed by atoms with E-state index in [1.807, 2.05) is 0 Å². The molecule has 2 rings (SSSR count). The zero-order valence-electron chi connectivity index (χ0n) is 11.0. The lowest BCUT2D eigenvalue weighted by molar-refractivity contribution is 0.313. The number of para-hydroxylation sites is 1. The number of ether oxygens (including phenoxy) is 1. The predicted octanol–water partition coefficient (Wildman–Crippen LogP) is 3.60. The SMILES string of the molecule is CCCCNC1CCCOc2c(C)cccc21. The van der Waals surface area contributed by atoms with Gasteiger partial charge in [-0.2, -0.15) is 0 Å². The Hall–Kier alpha value is -1.02. The van der Waals surface area contributed by atoms with Crippen LogP contribution in [0.5, 0.6) is 5.75 Å². The fourth-order valence-electron chi connectivity index (χ4n) is 2.43. The largest absolute Gasteiger partial charge is 0.493 e. The lowest BCUT2D eigenvalue weighted by Gasteiger charge is -2.19. The summed E-state index contributed by atoms with van der Waals surface area (Å²) in [6.45, 7) is 6.32. The number of rotatable bonds is 4. The van der Waals surface area contributed by atoms with E-state index in [0.717, 1.165) is 25.3 Å². The molecule has 1 aromatic carbocycles. The molecule has 1 unspecified atom stereocenters. The van der Waals surface area contributed by atoms with Crippen molar-refractivity contribution in [2.75, 3.05) is 13.2 Å². The van der Waals surface area contributed by atoms with E-state index >= 15 is 0 Å². The van der Waals surface area contributed by atoms with E-state index in [1.165, 1.54) is 30.4 Å². The molecule has 2 nitrogen and oxygen atoms in total. The van der Waals surface area contributed by atoms with Crippen LogP contribution in [0, 0.1) is 6.92 Å². The normalized spacial score (nSPS) is 19.3. The number of fused-ring (bicyclic) bond motifs is 1. The summed E-state index contributed by atoms with van der Waals surface area (Å²) in [5.74, 6) is 1.11. The van der Waals surface area contributed by atoms with Gasteiger partial charge in [-0.25, -0.2) is 0 Å². The number of hydrogen-bond donors (Lipinski definition) is 1. The van der Waals surface area contributed by atoms with Crippen LogP contribution in [0.4, 0.5) is 0 Å². The Kier molecular flexibility index (Phi) is 4.43. The fraction of sp³-hybridized carbons (Fsp3) is 0.600. The first-order chi connectivity index (χ1) is 8.33. The van der Waals surface area contributed by atoms with Crippen molar-refractivity contribution < 1.29 is 4.74 Å². The van der Waals surface area contributed by atoms with E-state index in [2.05, 4.69) is 37.4 Å². The van der Waals surface area contributed by atoms with Crippen LogP contribution in [0.15, 0.2) is 18.2 Å². The monoisotopic (exact) mass is 233 g/mol. The summed E-state index contributed by atoms with van der Waals surface area (Å²) in [7, 11) is 0. The third kappa shape index (κ3) is 3.01. The van der Waals surface area contributed by atoms with Crippen molar-refractivity contribution in [3.63, 3.8) is 0 Å². The molecule has 2 heteroatoms. The number of hydrogen-bond acceptors (Lipinski definition) is 2. The number of unbranched alkanes of at least 4 members (excludes halogenated alkanes) is 1. The van der Waals surface area contributed by atoms with Crippen LogP contribution in [0.2, 0.25) is 0 Å². The average molecular weight is 233 g/mol. The Morgan fingerprint density at radius 2 is 2.29 bits per heavy atom. The topological polar surface area (TPSA) is 21.3 Å². The summed E-state index contributed by atoms with van der Waals surface area (Å²) in [4.78, 5) is 0. The molecular weight excluding hydrogens is 210 g/mol. The van der Waals surface area contributed by atoms with Gasteiger partial charge in [0.25, 0.3) is 0 Å². The van der Waals surface area contributed by atoms with Gasteiger partial charge in [-0.1, -0.05) is 31.5 Å². The van der Waals surface area contributed by atoms with Gasteiger partial charge in [0.2, 0.25) is 0 Å². The maximum atomic E-state index is 5.88.